The van der Waals surface area contributed by atoms with E-state index >= 15 is 0 Å². The van der Waals surface area contributed by atoms with Crippen molar-refractivity contribution in [2.24, 2.45) is 7.05 Å². The number of carbonyl (C=O) groups excluding carboxylic acids is 1. The van der Waals surface area contributed by atoms with Crippen LogP contribution in [0.15, 0.2) is 35.3 Å². The van der Waals surface area contributed by atoms with Gasteiger partial charge in [0.25, 0.3) is 11.5 Å². The quantitative estimate of drug-likeness (QED) is 0.776. The van der Waals surface area contributed by atoms with Gasteiger partial charge in [-0.15, -0.1) is 0 Å². The highest BCUT2D eigenvalue weighted by molar-refractivity contribution is 6.04. The zero-order valence-corrected chi connectivity index (χ0v) is 13.0. The third-order valence-corrected chi connectivity index (χ3v) is 3.42. The molecular formula is C16H15N5O2. The molecule has 0 radical (unpaired) electrons. The minimum Gasteiger partial charge on any atom is -0.295 e. The highest BCUT2D eigenvalue weighted by Gasteiger charge is 2.16. The van der Waals surface area contributed by atoms with Crippen LogP contribution in [0.4, 0.5) is 5.95 Å². The number of pyridine rings is 2. The maximum Gasteiger partial charge on any atom is 0.264 e. The van der Waals surface area contributed by atoms with Gasteiger partial charge in [0.2, 0.25) is 5.95 Å². The minimum atomic E-state index is -0.540. The zero-order valence-electron chi connectivity index (χ0n) is 13.0. The molecule has 0 saturated carbocycles. The molecule has 0 aliphatic heterocycles. The molecule has 0 spiro atoms. The molecule has 1 amide bonds. The van der Waals surface area contributed by atoms with E-state index in [1.54, 1.807) is 31.4 Å². The number of anilines is 1. The van der Waals surface area contributed by atoms with Crippen molar-refractivity contribution in [3.8, 4) is 0 Å². The largest absolute Gasteiger partial charge is 0.295 e. The van der Waals surface area contributed by atoms with Crippen molar-refractivity contribution in [1.82, 2.24) is 19.5 Å². The maximum atomic E-state index is 12.4. The van der Waals surface area contributed by atoms with Gasteiger partial charge in [0.15, 0.2) is 0 Å². The number of hydrogen-bond acceptors (Lipinski definition) is 5. The maximum absolute atomic E-state index is 12.4. The number of hydrogen-bond donors (Lipinski definition) is 1. The first-order chi connectivity index (χ1) is 11.0. The van der Waals surface area contributed by atoms with Gasteiger partial charge in [0, 0.05) is 30.0 Å². The first-order valence-corrected chi connectivity index (χ1v) is 7.04. The lowest BCUT2D eigenvalue weighted by Gasteiger charge is -2.08. The lowest BCUT2D eigenvalue weighted by molar-refractivity contribution is 0.102. The summed E-state index contributed by atoms with van der Waals surface area (Å²) < 4.78 is 1.35. The number of carbonyl (C=O) groups is 1. The molecule has 0 unspecified atom stereocenters. The lowest BCUT2D eigenvalue weighted by atomic mass is 10.2. The number of amides is 1. The molecule has 0 aliphatic rings. The normalized spacial score (nSPS) is 10.7. The monoisotopic (exact) mass is 309 g/mol. The molecule has 3 aromatic heterocycles. The molecule has 0 fully saturated rings. The predicted molar refractivity (Wildman–Crippen MR) is 86.4 cm³/mol. The molecule has 0 aliphatic carbocycles. The Morgan fingerprint density at radius 3 is 2.57 bits per heavy atom. The van der Waals surface area contributed by atoms with Gasteiger partial charge in [-0.1, -0.05) is 0 Å². The van der Waals surface area contributed by atoms with Crippen molar-refractivity contribution >= 4 is 22.9 Å². The topological polar surface area (TPSA) is 89.8 Å². The Morgan fingerprint density at radius 2 is 1.87 bits per heavy atom. The molecule has 3 heterocycles. The van der Waals surface area contributed by atoms with Gasteiger partial charge in [-0.3, -0.25) is 19.5 Å². The van der Waals surface area contributed by atoms with Gasteiger partial charge in [-0.25, -0.2) is 15.0 Å². The third-order valence-electron chi connectivity index (χ3n) is 3.42. The zero-order chi connectivity index (χ0) is 16.6. The Kier molecular flexibility index (Phi) is 3.61. The van der Waals surface area contributed by atoms with Gasteiger partial charge < -0.3 is 0 Å². The van der Waals surface area contributed by atoms with Crippen LogP contribution in [0.25, 0.3) is 11.0 Å². The first-order valence-electron chi connectivity index (χ1n) is 7.04. The molecule has 0 atom stereocenters. The van der Waals surface area contributed by atoms with Crippen LogP contribution < -0.4 is 10.9 Å². The van der Waals surface area contributed by atoms with Crippen LogP contribution in [0.5, 0.6) is 0 Å². The summed E-state index contributed by atoms with van der Waals surface area (Å²) in [6.07, 6.45) is 1.60. The average Bonchev–Trinajstić information content (AvgIpc) is 2.49. The Labute approximate surface area is 132 Å². The van der Waals surface area contributed by atoms with E-state index in [4.69, 9.17) is 0 Å². The van der Waals surface area contributed by atoms with Crippen molar-refractivity contribution in [3.05, 3.63) is 57.8 Å². The number of aryl methyl sites for hydroxylation is 3. The lowest BCUT2D eigenvalue weighted by Crippen LogP contribution is -2.28. The first kappa shape index (κ1) is 14.8. The number of rotatable bonds is 2. The second-order valence-electron chi connectivity index (χ2n) is 5.27. The molecule has 3 rings (SSSR count). The van der Waals surface area contributed by atoms with Crippen LogP contribution in [0.1, 0.15) is 21.7 Å². The second kappa shape index (κ2) is 5.60. The summed E-state index contributed by atoms with van der Waals surface area (Å²) >= 11 is 0. The van der Waals surface area contributed by atoms with E-state index in [1.807, 2.05) is 13.8 Å². The molecule has 7 nitrogen and oxygen atoms in total. The molecule has 23 heavy (non-hydrogen) atoms. The smallest absolute Gasteiger partial charge is 0.264 e. The number of nitrogens with one attached hydrogen (secondary N) is 1. The minimum absolute atomic E-state index is 0.0239. The Morgan fingerprint density at radius 1 is 1.17 bits per heavy atom. The molecule has 116 valence electrons. The number of nitrogens with zero attached hydrogens (tertiary/aromatic N) is 4. The molecular weight excluding hydrogens is 294 g/mol. The van der Waals surface area contributed by atoms with Crippen LogP contribution in [0.3, 0.4) is 0 Å². The fourth-order valence-corrected chi connectivity index (χ4v) is 2.41. The van der Waals surface area contributed by atoms with E-state index in [-0.39, 0.29) is 11.5 Å². The summed E-state index contributed by atoms with van der Waals surface area (Å²) in [4.78, 5) is 37.3. The molecule has 0 aromatic carbocycles. The molecule has 3 aromatic rings. The summed E-state index contributed by atoms with van der Waals surface area (Å²) in [7, 11) is 1.59. The van der Waals surface area contributed by atoms with Gasteiger partial charge in [0.1, 0.15) is 11.2 Å². The second-order valence-corrected chi connectivity index (χ2v) is 5.27. The van der Waals surface area contributed by atoms with E-state index in [9.17, 15) is 9.59 Å². The molecule has 7 heteroatoms. The van der Waals surface area contributed by atoms with Crippen molar-refractivity contribution in [3.63, 3.8) is 0 Å². The van der Waals surface area contributed by atoms with E-state index < -0.39 is 11.5 Å². The van der Waals surface area contributed by atoms with Crippen molar-refractivity contribution < 1.29 is 4.79 Å². The van der Waals surface area contributed by atoms with Crippen LogP contribution in [0.2, 0.25) is 0 Å². The van der Waals surface area contributed by atoms with Gasteiger partial charge in [-0.05, 0) is 38.1 Å². The highest BCUT2D eigenvalue weighted by atomic mass is 16.2. The van der Waals surface area contributed by atoms with Crippen LogP contribution >= 0.6 is 0 Å². The SMILES string of the molecule is Cc1cc(C)nc(NC(=O)c2cc3cccnc3n(C)c2=O)n1. The summed E-state index contributed by atoms with van der Waals surface area (Å²) in [5, 5.41) is 3.29. The average molecular weight is 309 g/mol. The fourth-order valence-electron chi connectivity index (χ4n) is 2.41. The molecule has 1 N–H and O–H groups in total. The van der Waals surface area contributed by atoms with Gasteiger partial charge in [0.05, 0.1) is 0 Å². The fraction of sp³-hybridized carbons (Fsp3) is 0.188. The summed E-state index contributed by atoms with van der Waals surface area (Å²) in [6, 6.07) is 6.88. The standard InChI is InChI=1S/C16H15N5O2/c1-9-7-10(2)19-16(18-9)20-14(22)12-8-11-5-4-6-17-13(11)21(3)15(12)23/h4-8H,1-3H3,(H,18,19,20,22). The summed E-state index contributed by atoms with van der Waals surface area (Å²) in [5.41, 5.74) is 1.61. The number of fused-ring (bicyclic) bond motifs is 1. The summed E-state index contributed by atoms with van der Waals surface area (Å²) in [5.74, 6) is -0.359. The predicted octanol–water partition coefficient (Wildman–Crippen LogP) is 1.59. The Hall–Kier alpha value is -3.09. The van der Waals surface area contributed by atoms with E-state index in [0.29, 0.717) is 11.0 Å². The summed E-state index contributed by atoms with van der Waals surface area (Å²) in [6.45, 7) is 3.62. The van der Waals surface area contributed by atoms with Crippen molar-refractivity contribution in [1.29, 1.82) is 0 Å². The highest BCUT2D eigenvalue weighted by Crippen LogP contribution is 2.11. The van der Waals surface area contributed by atoms with Crippen LogP contribution in [-0.4, -0.2) is 25.4 Å². The van der Waals surface area contributed by atoms with Crippen molar-refractivity contribution in [2.75, 3.05) is 5.32 Å². The molecule has 0 saturated heterocycles. The van der Waals surface area contributed by atoms with Gasteiger partial charge >= 0.3 is 0 Å². The van der Waals surface area contributed by atoms with Crippen LogP contribution in [0, 0.1) is 13.8 Å². The Balaban J connectivity index is 2.04. The van der Waals surface area contributed by atoms with Crippen molar-refractivity contribution in [2.45, 2.75) is 13.8 Å². The number of aromatic nitrogens is 4. The van der Waals surface area contributed by atoms with E-state index in [1.165, 1.54) is 10.6 Å². The van der Waals surface area contributed by atoms with E-state index in [0.717, 1.165) is 11.4 Å². The van der Waals surface area contributed by atoms with E-state index in [2.05, 4.69) is 20.3 Å². The molecule has 0 bridgehead atoms. The third kappa shape index (κ3) is 2.80. The van der Waals surface area contributed by atoms with Crippen LogP contribution in [-0.2, 0) is 7.05 Å². The Bertz CT molecular complexity index is 958. The van der Waals surface area contributed by atoms with Gasteiger partial charge in [-0.2, -0.15) is 0 Å².